The number of carbonyl (C=O) groups is 1. The lowest BCUT2D eigenvalue weighted by Crippen LogP contribution is -2.48. The lowest BCUT2D eigenvalue weighted by molar-refractivity contribution is -0.131. The van der Waals surface area contributed by atoms with Crippen LogP contribution in [0.2, 0.25) is 0 Å². The molecule has 1 aliphatic rings. The number of carbonyl (C=O) groups excluding carboxylic acids is 1. The molecule has 0 saturated carbocycles. The second-order valence-electron chi connectivity index (χ2n) is 8.48. The number of fused-ring (bicyclic) bond motifs is 1. The zero-order chi connectivity index (χ0) is 23.3. The van der Waals surface area contributed by atoms with Crippen molar-refractivity contribution in [3.63, 3.8) is 0 Å². The number of piperazine rings is 1. The van der Waals surface area contributed by atoms with E-state index in [2.05, 4.69) is 27.0 Å². The number of hydrogen-bond acceptors (Lipinski definition) is 5. The Labute approximate surface area is 198 Å². The minimum absolute atomic E-state index is 0.0920. The Morgan fingerprint density at radius 3 is 2.29 bits per heavy atom. The lowest BCUT2D eigenvalue weighted by atomic mass is 10.2. The molecule has 172 valence electrons. The van der Waals surface area contributed by atoms with E-state index in [0.717, 1.165) is 18.7 Å². The van der Waals surface area contributed by atoms with Gasteiger partial charge >= 0.3 is 0 Å². The number of nitrogens with zero attached hydrogens (tertiary/aromatic N) is 5. The van der Waals surface area contributed by atoms with Gasteiger partial charge in [0.1, 0.15) is 5.82 Å². The number of pyridine rings is 1. The van der Waals surface area contributed by atoms with Crippen molar-refractivity contribution in [2.24, 2.45) is 0 Å². The number of amides is 1. The van der Waals surface area contributed by atoms with Gasteiger partial charge in [0, 0.05) is 50.9 Å². The van der Waals surface area contributed by atoms with Crippen LogP contribution >= 0.6 is 0 Å². The van der Waals surface area contributed by atoms with Crippen LogP contribution in [0, 0.1) is 0 Å². The number of anilines is 1. The molecule has 0 aliphatic carbocycles. The van der Waals surface area contributed by atoms with Crippen LogP contribution < -0.4 is 10.5 Å². The molecule has 1 amide bonds. The van der Waals surface area contributed by atoms with Gasteiger partial charge in [0.25, 0.3) is 5.56 Å². The molecule has 7 nitrogen and oxygen atoms in total. The highest BCUT2D eigenvalue weighted by molar-refractivity contribution is 5.77. The number of rotatable bonds is 6. The van der Waals surface area contributed by atoms with Crippen LogP contribution in [0.1, 0.15) is 17.8 Å². The van der Waals surface area contributed by atoms with E-state index in [-0.39, 0.29) is 11.5 Å². The highest BCUT2D eigenvalue weighted by Crippen LogP contribution is 2.16. The normalized spacial score (nSPS) is 13.9. The summed E-state index contributed by atoms with van der Waals surface area (Å²) in [6, 6.07) is 23.6. The lowest BCUT2D eigenvalue weighted by Gasteiger charge is -2.36. The Morgan fingerprint density at radius 1 is 0.853 bits per heavy atom. The van der Waals surface area contributed by atoms with Crippen molar-refractivity contribution in [3.05, 3.63) is 101 Å². The molecule has 3 heterocycles. The molecule has 0 atom stereocenters. The Balaban J connectivity index is 1.31. The summed E-state index contributed by atoms with van der Waals surface area (Å²) >= 11 is 0. The standard InChI is InChI=1S/C27H27N5O2/c33-25(31-18-16-30(17-19-31)22-10-5-2-6-11-22)14-13-24-29-26-23(12-7-15-28-26)27(34)32(24)20-21-8-3-1-4-9-21/h1-12,15H,13-14,16-20H2. The van der Waals surface area contributed by atoms with Gasteiger partial charge in [-0.25, -0.2) is 9.97 Å². The van der Waals surface area contributed by atoms with Gasteiger partial charge in [-0.15, -0.1) is 0 Å². The van der Waals surface area contributed by atoms with E-state index in [1.807, 2.05) is 53.4 Å². The van der Waals surface area contributed by atoms with E-state index in [0.29, 0.717) is 49.3 Å². The topological polar surface area (TPSA) is 71.3 Å². The maximum absolute atomic E-state index is 13.3. The van der Waals surface area contributed by atoms with E-state index < -0.39 is 0 Å². The van der Waals surface area contributed by atoms with Crippen LogP contribution in [0.25, 0.3) is 11.0 Å². The third-order valence-corrected chi connectivity index (χ3v) is 6.31. The fraction of sp³-hybridized carbons (Fsp3) is 0.259. The molecule has 0 radical (unpaired) electrons. The van der Waals surface area contributed by atoms with Crippen molar-refractivity contribution >= 4 is 22.6 Å². The van der Waals surface area contributed by atoms with Crippen LogP contribution in [0.4, 0.5) is 5.69 Å². The van der Waals surface area contributed by atoms with Gasteiger partial charge in [-0.05, 0) is 29.8 Å². The van der Waals surface area contributed by atoms with E-state index >= 15 is 0 Å². The van der Waals surface area contributed by atoms with Gasteiger partial charge in [0.2, 0.25) is 5.91 Å². The number of para-hydroxylation sites is 1. The average molecular weight is 454 g/mol. The van der Waals surface area contributed by atoms with Crippen LogP contribution in [0.3, 0.4) is 0 Å². The molecule has 1 fully saturated rings. The second kappa shape index (κ2) is 9.87. The number of benzene rings is 2. The number of hydrogen-bond donors (Lipinski definition) is 0. The maximum Gasteiger partial charge on any atom is 0.263 e. The zero-order valence-corrected chi connectivity index (χ0v) is 19.0. The molecule has 0 N–H and O–H groups in total. The van der Waals surface area contributed by atoms with Gasteiger partial charge < -0.3 is 9.80 Å². The molecule has 5 rings (SSSR count). The van der Waals surface area contributed by atoms with Crippen LogP contribution in [0.15, 0.2) is 83.8 Å². The first-order chi connectivity index (χ1) is 16.7. The largest absolute Gasteiger partial charge is 0.368 e. The van der Waals surface area contributed by atoms with E-state index in [4.69, 9.17) is 0 Å². The minimum Gasteiger partial charge on any atom is -0.368 e. The van der Waals surface area contributed by atoms with E-state index in [1.54, 1.807) is 22.9 Å². The average Bonchev–Trinajstić information content (AvgIpc) is 2.90. The van der Waals surface area contributed by atoms with Crippen molar-refractivity contribution in [1.82, 2.24) is 19.4 Å². The Bertz CT molecular complexity index is 1330. The van der Waals surface area contributed by atoms with E-state index in [1.165, 1.54) is 5.69 Å². The van der Waals surface area contributed by atoms with Crippen molar-refractivity contribution in [1.29, 1.82) is 0 Å². The van der Waals surface area contributed by atoms with Gasteiger partial charge in [-0.2, -0.15) is 0 Å². The first-order valence-corrected chi connectivity index (χ1v) is 11.7. The first kappa shape index (κ1) is 21.8. The molecule has 2 aromatic carbocycles. The fourth-order valence-corrected chi connectivity index (χ4v) is 4.45. The first-order valence-electron chi connectivity index (χ1n) is 11.7. The SMILES string of the molecule is O=C(CCc1nc2ncccc2c(=O)n1Cc1ccccc1)N1CCN(c2ccccc2)CC1. The number of aromatic nitrogens is 3. The van der Waals surface area contributed by atoms with Gasteiger partial charge in [0.15, 0.2) is 5.65 Å². The van der Waals surface area contributed by atoms with Crippen molar-refractivity contribution in [2.75, 3.05) is 31.1 Å². The summed E-state index contributed by atoms with van der Waals surface area (Å²) in [5.41, 5.74) is 2.50. The maximum atomic E-state index is 13.3. The second-order valence-corrected chi connectivity index (χ2v) is 8.48. The smallest absolute Gasteiger partial charge is 0.263 e. The summed E-state index contributed by atoms with van der Waals surface area (Å²) in [5.74, 6) is 0.686. The summed E-state index contributed by atoms with van der Waals surface area (Å²) in [6.07, 6.45) is 2.34. The minimum atomic E-state index is -0.124. The van der Waals surface area contributed by atoms with Crippen molar-refractivity contribution in [2.45, 2.75) is 19.4 Å². The van der Waals surface area contributed by atoms with Crippen LogP contribution in [-0.4, -0.2) is 51.5 Å². The van der Waals surface area contributed by atoms with Crippen molar-refractivity contribution in [3.8, 4) is 0 Å². The van der Waals surface area contributed by atoms with Crippen LogP contribution in [0.5, 0.6) is 0 Å². The Morgan fingerprint density at radius 2 is 1.56 bits per heavy atom. The summed E-state index contributed by atoms with van der Waals surface area (Å²) in [6.45, 7) is 3.42. The molecule has 7 heteroatoms. The van der Waals surface area contributed by atoms with Crippen LogP contribution in [-0.2, 0) is 17.8 Å². The highest BCUT2D eigenvalue weighted by atomic mass is 16.2. The Kier molecular flexibility index (Phi) is 6.33. The third-order valence-electron chi connectivity index (χ3n) is 6.31. The third kappa shape index (κ3) is 4.69. The Hall–Kier alpha value is -4.00. The van der Waals surface area contributed by atoms with E-state index in [9.17, 15) is 9.59 Å². The molecule has 0 unspecified atom stereocenters. The predicted molar refractivity (Wildman–Crippen MR) is 133 cm³/mol. The quantitative estimate of drug-likeness (QED) is 0.449. The molecule has 4 aromatic rings. The molecular weight excluding hydrogens is 426 g/mol. The van der Waals surface area contributed by atoms with Gasteiger partial charge in [-0.1, -0.05) is 48.5 Å². The monoisotopic (exact) mass is 453 g/mol. The zero-order valence-electron chi connectivity index (χ0n) is 19.0. The molecular formula is C27H27N5O2. The molecule has 34 heavy (non-hydrogen) atoms. The summed E-state index contributed by atoms with van der Waals surface area (Å²) < 4.78 is 1.68. The molecule has 1 aliphatic heterocycles. The summed E-state index contributed by atoms with van der Waals surface area (Å²) in [7, 11) is 0. The van der Waals surface area contributed by atoms with Gasteiger partial charge in [0.05, 0.1) is 11.9 Å². The summed E-state index contributed by atoms with van der Waals surface area (Å²) in [5, 5.41) is 0.491. The fourth-order valence-electron chi connectivity index (χ4n) is 4.45. The molecule has 0 spiro atoms. The molecule has 0 bridgehead atoms. The highest BCUT2D eigenvalue weighted by Gasteiger charge is 2.22. The number of aryl methyl sites for hydroxylation is 1. The predicted octanol–water partition coefficient (Wildman–Crippen LogP) is 3.12. The molecule has 1 saturated heterocycles. The molecule has 2 aromatic heterocycles. The van der Waals surface area contributed by atoms with Gasteiger partial charge in [-0.3, -0.25) is 14.2 Å². The van der Waals surface area contributed by atoms with Crippen molar-refractivity contribution < 1.29 is 4.79 Å². The summed E-state index contributed by atoms with van der Waals surface area (Å²) in [4.78, 5) is 39.4.